The minimum absolute atomic E-state index is 0.124. The number of nitrogens with one attached hydrogen (secondary N) is 1. The highest BCUT2D eigenvalue weighted by molar-refractivity contribution is 5.57. The number of benzene rings is 1. The fourth-order valence-corrected chi connectivity index (χ4v) is 4.03. The summed E-state index contributed by atoms with van der Waals surface area (Å²) in [5.41, 5.74) is 1.05. The molecule has 0 bridgehead atoms. The monoisotopic (exact) mass is 303 g/mol. The third-order valence-electron chi connectivity index (χ3n) is 5.01. The minimum Gasteiger partial charge on any atom is -0.379 e. The molecule has 0 spiro atoms. The van der Waals surface area contributed by atoms with Gasteiger partial charge < -0.3 is 10.1 Å². The fourth-order valence-electron chi connectivity index (χ4n) is 4.03. The number of anilines is 1. The lowest BCUT2D eigenvalue weighted by molar-refractivity contribution is -0.0422. The Morgan fingerprint density at radius 2 is 2.09 bits per heavy atom. The Hall–Kier alpha value is -1.68. The Labute approximate surface area is 128 Å². The number of fused-ring (bicyclic) bond motifs is 3. The second-order valence-electron chi connectivity index (χ2n) is 6.33. The van der Waals surface area contributed by atoms with E-state index in [0.29, 0.717) is 23.8 Å². The maximum Gasteiger partial charge on any atom is 0.149 e. The van der Waals surface area contributed by atoms with Crippen LogP contribution in [0.1, 0.15) is 30.9 Å². The van der Waals surface area contributed by atoms with Crippen molar-refractivity contribution in [3.8, 4) is 0 Å². The highest BCUT2D eigenvalue weighted by Gasteiger charge is 2.42. The van der Waals surface area contributed by atoms with E-state index in [1.54, 1.807) is 0 Å². The zero-order valence-electron chi connectivity index (χ0n) is 12.3. The number of rotatable bonds is 1. The predicted octanol–water partition coefficient (Wildman–Crippen LogP) is 4.36. The van der Waals surface area contributed by atoms with Gasteiger partial charge in [0.15, 0.2) is 0 Å². The van der Waals surface area contributed by atoms with Crippen molar-refractivity contribution in [3.63, 3.8) is 0 Å². The molecule has 2 aliphatic heterocycles. The Morgan fingerprint density at radius 1 is 1.18 bits per heavy atom. The molecule has 116 valence electrons. The van der Waals surface area contributed by atoms with Gasteiger partial charge in [0.05, 0.1) is 11.8 Å². The molecule has 3 aliphatic rings. The first kappa shape index (κ1) is 13.9. The third kappa shape index (κ3) is 2.26. The van der Waals surface area contributed by atoms with Crippen molar-refractivity contribution < 1.29 is 13.5 Å². The van der Waals surface area contributed by atoms with Gasteiger partial charge in [-0.15, -0.1) is 0 Å². The highest BCUT2D eigenvalue weighted by Crippen LogP contribution is 2.47. The van der Waals surface area contributed by atoms with Crippen molar-refractivity contribution in [1.82, 2.24) is 0 Å². The lowest BCUT2D eigenvalue weighted by atomic mass is 9.73. The molecular weight excluding hydrogens is 284 g/mol. The zero-order chi connectivity index (χ0) is 15.1. The van der Waals surface area contributed by atoms with Gasteiger partial charge >= 0.3 is 0 Å². The second-order valence-corrected chi connectivity index (χ2v) is 6.33. The average molecular weight is 303 g/mol. The number of hydrogen-bond acceptors (Lipinski definition) is 2. The second kappa shape index (κ2) is 5.51. The van der Waals surface area contributed by atoms with E-state index in [2.05, 4.69) is 17.5 Å². The molecule has 4 heteroatoms. The van der Waals surface area contributed by atoms with Crippen LogP contribution in [0.3, 0.4) is 0 Å². The predicted molar refractivity (Wildman–Crippen MR) is 81.6 cm³/mol. The Bertz CT molecular complexity index is 640. The topological polar surface area (TPSA) is 21.3 Å². The van der Waals surface area contributed by atoms with E-state index in [9.17, 15) is 8.78 Å². The van der Waals surface area contributed by atoms with Crippen LogP contribution in [-0.2, 0) is 4.74 Å². The van der Waals surface area contributed by atoms with Crippen molar-refractivity contribution in [1.29, 1.82) is 0 Å². The molecule has 0 saturated carbocycles. The van der Waals surface area contributed by atoms with Gasteiger partial charge in [0.1, 0.15) is 11.6 Å². The van der Waals surface area contributed by atoms with Crippen molar-refractivity contribution in [3.05, 3.63) is 53.6 Å². The normalized spacial score (nSPS) is 33.0. The maximum absolute atomic E-state index is 14.2. The van der Waals surface area contributed by atoms with Gasteiger partial charge in [0.2, 0.25) is 0 Å². The first-order valence-electron chi connectivity index (χ1n) is 7.94. The smallest absolute Gasteiger partial charge is 0.149 e. The molecule has 0 radical (unpaired) electrons. The van der Waals surface area contributed by atoms with Crippen LogP contribution in [0.4, 0.5) is 14.5 Å². The molecule has 1 saturated heterocycles. The minimum atomic E-state index is -0.537. The maximum atomic E-state index is 14.2. The molecule has 0 amide bonds. The third-order valence-corrected chi connectivity index (χ3v) is 5.01. The Balaban J connectivity index is 1.76. The summed E-state index contributed by atoms with van der Waals surface area (Å²) >= 11 is 0. The summed E-state index contributed by atoms with van der Waals surface area (Å²) in [5, 5.41) is 3.35. The number of hydrogen-bond donors (Lipinski definition) is 1. The van der Waals surface area contributed by atoms with E-state index in [4.69, 9.17) is 4.74 Å². The first-order valence-corrected chi connectivity index (χ1v) is 7.94. The molecular formula is C18H19F2NO. The molecule has 4 rings (SSSR count). The van der Waals surface area contributed by atoms with Crippen molar-refractivity contribution in [2.24, 2.45) is 11.8 Å². The quantitative estimate of drug-likeness (QED) is 0.832. The van der Waals surface area contributed by atoms with Crippen LogP contribution < -0.4 is 5.32 Å². The van der Waals surface area contributed by atoms with E-state index < -0.39 is 11.6 Å². The lowest BCUT2D eigenvalue weighted by Crippen LogP contribution is -2.45. The van der Waals surface area contributed by atoms with Crippen molar-refractivity contribution in [2.75, 3.05) is 11.9 Å². The molecule has 2 nitrogen and oxygen atoms in total. The number of allylic oxidation sites excluding steroid dienone is 3. The van der Waals surface area contributed by atoms with Crippen molar-refractivity contribution in [2.45, 2.75) is 31.4 Å². The number of ether oxygens (including phenoxy) is 1. The van der Waals surface area contributed by atoms with Crippen LogP contribution in [0.25, 0.3) is 0 Å². The van der Waals surface area contributed by atoms with Gasteiger partial charge in [0.25, 0.3) is 0 Å². The summed E-state index contributed by atoms with van der Waals surface area (Å²) in [6, 6.07) is 2.49. The van der Waals surface area contributed by atoms with Gasteiger partial charge in [-0.3, -0.25) is 0 Å². The Kier molecular flexibility index (Phi) is 3.49. The van der Waals surface area contributed by atoms with E-state index in [1.807, 2.05) is 12.2 Å². The molecule has 1 aliphatic carbocycles. The van der Waals surface area contributed by atoms with E-state index in [0.717, 1.165) is 25.3 Å². The number of halogens is 2. The van der Waals surface area contributed by atoms with Crippen molar-refractivity contribution >= 4 is 5.69 Å². The largest absolute Gasteiger partial charge is 0.379 e. The van der Waals surface area contributed by atoms with Gasteiger partial charge in [-0.2, -0.15) is 0 Å². The van der Waals surface area contributed by atoms with Crippen LogP contribution >= 0.6 is 0 Å². The highest BCUT2D eigenvalue weighted by atomic mass is 19.1. The summed E-state index contributed by atoms with van der Waals surface area (Å²) in [5.74, 6) is -0.492. The fraction of sp³-hybridized carbons (Fsp3) is 0.444. The molecule has 0 aromatic heterocycles. The van der Waals surface area contributed by atoms with Crippen LogP contribution in [0, 0.1) is 23.5 Å². The summed E-state index contributed by atoms with van der Waals surface area (Å²) < 4.78 is 33.8. The van der Waals surface area contributed by atoms with Crippen LogP contribution in [0.2, 0.25) is 0 Å². The molecule has 1 aromatic carbocycles. The molecule has 22 heavy (non-hydrogen) atoms. The molecule has 2 heterocycles. The summed E-state index contributed by atoms with van der Waals surface area (Å²) in [6.45, 7) is 0.659. The standard InChI is InChI=1S/C18H19F2NO/c19-12-9-14-17(15(20)10-12)21-16(11-5-2-1-3-6-11)13-7-4-8-22-18(13)14/h1-3,5,9-11,13,16,18,21H,4,6-8H2/t11?,13-,16+,18-/m1/s1. The van der Waals surface area contributed by atoms with E-state index >= 15 is 0 Å². The SMILES string of the molecule is Fc1cc(F)c2c(c1)[C@@H]1OCCC[C@@H]1[C@H](C1C=CC=CC1)N2. The van der Waals surface area contributed by atoms with Crippen LogP contribution in [-0.4, -0.2) is 12.6 Å². The Morgan fingerprint density at radius 3 is 2.91 bits per heavy atom. The molecule has 1 aromatic rings. The zero-order valence-corrected chi connectivity index (χ0v) is 12.3. The van der Waals surface area contributed by atoms with Gasteiger partial charge in [-0.1, -0.05) is 24.3 Å². The van der Waals surface area contributed by atoms with Gasteiger partial charge in [-0.25, -0.2) is 8.78 Å². The summed E-state index contributed by atoms with van der Waals surface area (Å²) in [6.07, 6.45) is 11.2. The van der Waals surface area contributed by atoms with Gasteiger partial charge in [0, 0.05) is 36.1 Å². The van der Waals surface area contributed by atoms with Crippen LogP contribution in [0.5, 0.6) is 0 Å². The molecule has 4 atom stereocenters. The van der Waals surface area contributed by atoms with Crippen LogP contribution in [0.15, 0.2) is 36.4 Å². The van der Waals surface area contributed by atoms with Gasteiger partial charge in [-0.05, 0) is 25.3 Å². The molecule has 1 unspecified atom stereocenters. The average Bonchev–Trinajstić information content (AvgIpc) is 2.55. The molecule has 1 fully saturated rings. The lowest BCUT2D eigenvalue weighted by Gasteiger charge is -2.45. The summed E-state index contributed by atoms with van der Waals surface area (Å²) in [4.78, 5) is 0. The van der Waals surface area contributed by atoms with E-state index in [-0.39, 0.29) is 18.1 Å². The van der Waals surface area contributed by atoms with E-state index in [1.165, 1.54) is 6.07 Å². The molecule has 1 N–H and O–H groups in total. The summed E-state index contributed by atoms with van der Waals surface area (Å²) in [7, 11) is 0. The first-order chi connectivity index (χ1) is 10.7.